The smallest absolute Gasteiger partial charge is 0.225 e. The molecule has 1 amide bonds. The molecule has 20 heavy (non-hydrogen) atoms. The van der Waals surface area contributed by atoms with Gasteiger partial charge in [0.2, 0.25) is 5.91 Å². The molecule has 3 heteroatoms. The molecular formula is C17H25NO2. The van der Waals surface area contributed by atoms with E-state index < -0.39 is 5.60 Å². The second-order valence-electron chi connectivity index (χ2n) is 6.01. The SMILES string of the molecule is CN(CCc1ccccc1)C(=O)CC1(O)CCCCC1. The normalized spacial score (nSPS) is 17.7. The first-order valence-electron chi connectivity index (χ1n) is 7.59. The highest BCUT2D eigenvalue weighted by Gasteiger charge is 2.32. The highest BCUT2D eigenvalue weighted by atomic mass is 16.3. The Labute approximate surface area is 121 Å². The summed E-state index contributed by atoms with van der Waals surface area (Å²) in [5, 5.41) is 10.4. The molecule has 1 aromatic carbocycles. The number of benzene rings is 1. The average molecular weight is 275 g/mol. The fourth-order valence-electron chi connectivity index (χ4n) is 2.87. The molecule has 2 rings (SSSR count). The van der Waals surface area contributed by atoms with Crippen LogP contribution in [0.2, 0.25) is 0 Å². The molecule has 0 aromatic heterocycles. The number of nitrogens with zero attached hydrogens (tertiary/aromatic N) is 1. The topological polar surface area (TPSA) is 40.5 Å². The van der Waals surface area contributed by atoms with Crippen LogP contribution in [0, 0.1) is 0 Å². The molecule has 0 radical (unpaired) electrons. The maximum absolute atomic E-state index is 12.2. The molecule has 0 unspecified atom stereocenters. The van der Waals surface area contributed by atoms with Crippen LogP contribution >= 0.6 is 0 Å². The molecule has 0 aliphatic heterocycles. The molecule has 1 saturated carbocycles. The van der Waals surface area contributed by atoms with Crippen molar-refractivity contribution >= 4 is 5.91 Å². The highest BCUT2D eigenvalue weighted by Crippen LogP contribution is 2.31. The zero-order valence-electron chi connectivity index (χ0n) is 12.3. The number of hydrogen-bond acceptors (Lipinski definition) is 2. The summed E-state index contributed by atoms with van der Waals surface area (Å²) >= 11 is 0. The maximum Gasteiger partial charge on any atom is 0.225 e. The third kappa shape index (κ3) is 4.34. The number of aliphatic hydroxyl groups is 1. The van der Waals surface area contributed by atoms with E-state index in [1.54, 1.807) is 4.90 Å². The lowest BCUT2D eigenvalue weighted by molar-refractivity contribution is -0.136. The average Bonchev–Trinajstić information content (AvgIpc) is 2.46. The van der Waals surface area contributed by atoms with Crippen LogP contribution in [0.25, 0.3) is 0 Å². The minimum Gasteiger partial charge on any atom is -0.389 e. The van der Waals surface area contributed by atoms with Gasteiger partial charge in [0, 0.05) is 13.6 Å². The van der Waals surface area contributed by atoms with Crippen LogP contribution in [0.5, 0.6) is 0 Å². The lowest BCUT2D eigenvalue weighted by Crippen LogP contribution is -2.39. The van der Waals surface area contributed by atoms with Crippen LogP contribution in [-0.4, -0.2) is 35.1 Å². The second-order valence-corrected chi connectivity index (χ2v) is 6.01. The van der Waals surface area contributed by atoms with E-state index in [1.807, 2.05) is 25.2 Å². The molecule has 1 aliphatic carbocycles. The van der Waals surface area contributed by atoms with Crippen molar-refractivity contribution in [1.82, 2.24) is 4.90 Å². The molecule has 0 spiro atoms. The Kier molecular flexibility index (Phi) is 5.18. The van der Waals surface area contributed by atoms with Gasteiger partial charge in [0.1, 0.15) is 0 Å². The Balaban J connectivity index is 1.79. The van der Waals surface area contributed by atoms with E-state index in [0.29, 0.717) is 6.54 Å². The lowest BCUT2D eigenvalue weighted by atomic mass is 9.82. The summed E-state index contributed by atoms with van der Waals surface area (Å²) in [6.07, 6.45) is 5.94. The molecule has 0 atom stereocenters. The number of carbonyl (C=O) groups excluding carboxylic acids is 1. The van der Waals surface area contributed by atoms with Crippen LogP contribution < -0.4 is 0 Å². The van der Waals surface area contributed by atoms with Crippen molar-refractivity contribution in [2.45, 2.75) is 50.5 Å². The van der Waals surface area contributed by atoms with Gasteiger partial charge in [-0.1, -0.05) is 49.6 Å². The van der Waals surface area contributed by atoms with Crippen molar-refractivity contribution in [3.8, 4) is 0 Å². The van der Waals surface area contributed by atoms with Gasteiger partial charge in [-0.25, -0.2) is 0 Å². The zero-order chi connectivity index (χ0) is 14.4. The van der Waals surface area contributed by atoms with Crippen LogP contribution in [0.4, 0.5) is 0 Å². The molecule has 1 aromatic rings. The summed E-state index contributed by atoms with van der Waals surface area (Å²) in [5.74, 6) is 0.0605. The third-order valence-electron chi connectivity index (χ3n) is 4.27. The zero-order valence-corrected chi connectivity index (χ0v) is 12.3. The first kappa shape index (κ1) is 15.0. The van der Waals surface area contributed by atoms with Crippen molar-refractivity contribution in [3.05, 3.63) is 35.9 Å². The number of rotatable bonds is 5. The molecule has 1 aliphatic rings. The Morgan fingerprint density at radius 2 is 1.85 bits per heavy atom. The fraction of sp³-hybridized carbons (Fsp3) is 0.588. The molecule has 1 N–H and O–H groups in total. The molecule has 0 heterocycles. The van der Waals surface area contributed by atoms with Gasteiger partial charge in [-0.15, -0.1) is 0 Å². The quantitative estimate of drug-likeness (QED) is 0.897. The van der Waals surface area contributed by atoms with E-state index in [0.717, 1.165) is 32.1 Å². The van der Waals surface area contributed by atoms with Crippen molar-refractivity contribution in [1.29, 1.82) is 0 Å². The monoisotopic (exact) mass is 275 g/mol. The Morgan fingerprint density at radius 3 is 2.50 bits per heavy atom. The highest BCUT2D eigenvalue weighted by molar-refractivity contribution is 5.77. The maximum atomic E-state index is 12.2. The van der Waals surface area contributed by atoms with E-state index >= 15 is 0 Å². The van der Waals surface area contributed by atoms with E-state index in [1.165, 1.54) is 12.0 Å². The van der Waals surface area contributed by atoms with Gasteiger partial charge in [-0.2, -0.15) is 0 Å². The van der Waals surface area contributed by atoms with Crippen LogP contribution in [0.1, 0.15) is 44.1 Å². The first-order chi connectivity index (χ1) is 9.59. The summed E-state index contributed by atoms with van der Waals surface area (Å²) in [7, 11) is 1.83. The van der Waals surface area contributed by atoms with Gasteiger partial charge >= 0.3 is 0 Å². The van der Waals surface area contributed by atoms with Gasteiger partial charge in [-0.05, 0) is 24.8 Å². The Bertz CT molecular complexity index is 424. The number of carbonyl (C=O) groups is 1. The van der Waals surface area contributed by atoms with Crippen LogP contribution in [0.3, 0.4) is 0 Å². The molecule has 3 nitrogen and oxygen atoms in total. The minimum absolute atomic E-state index is 0.0605. The lowest BCUT2D eigenvalue weighted by Gasteiger charge is -2.32. The summed E-state index contributed by atoms with van der Waals surface area (Å²) in [5.41, 5.74) is 0.486. The summed E-state index contributed by atoms with van der Waals surface area (Å²) < 4.78 is 0. The third-order valence-corrected chi connectivity index (χ3v) is 4.27. The minimum atomic E-state index is -0.754. The van der Waals surface area contributed by atoms with Gasteiger partial charge in [0.05, 0.1) is 12.0 Å². The summed E-state index contributed by atoms with van der Waals surface area (Å²) in [4.78, 5) is 14.0. The van der Waals surface area contributed by atoms with Crippen molar-refractivity contribution < 1.29 is 9.90 Å². The molecular weight excluding hydrogens is 250 g/mol. The Hall–Kier alpha value is -1.35. The van der Waals surface area contributed by atoms with E-state index in [2.05, 4.69) is 12.1 Å². The number of hydrogen-bond donors (Lipinski definition) is 1. The van der Waals surface area contributed by atoms with Gasteiger partial charge < -0.3 is 10.0 Å². The van der Waals surface area contributed by atoms with E-state index in [4.69, 9.17) is 0 Å². The van der Waals surface area contributed by atoms with Crippen LogP contribution in [-0.2, 0) is 11.2 Å². The number of likely N-dealkylation sites (N-methyl/N-ethyl adjacent to an activating group) is 1. The van der Waals surface area contributed by atoms with Crippen molar-refractivity contribution in [2.24, 2.45) is 0 Å². The first-order valence-corrected chi connectivity index (χ1v) is 7.59. The van der Waals surface area contributed by atoms with E-state index in [9.17, 15) is 9.90 Å². The molecule has 110 valence electrons. The standard InChI is InChI=1S/C17H25NO2/c1-18(13-10-15-8-4-2-5-9-15)16(19)14-17(20)11-6-3-7-12-17/h2,4-5,8-9,20H,3,6-7,10-14H2,1H3. The molecule has 1 fully saturated rings. The molecule has 0 saturated heterocycles. The second kappa shape index (κ2) is 6.89. The van der Waals surface area contributed by atoms with Crippen molar-refractivity contribution in [3.63, 3.8) is 0 Å². The predicted molar refractivity (Wildman–Crippen MR) is 80.4 cm³/mol. The number of amides is 1. The Morgan fingerprint density at radius 1 is 1.20 bits per heavy atom. The summed E-state index contributed by atoms with van der Waals surface area (Å²) in [6, 6.07) is 10.2. The summed E-state index contributed by atoms with van der Waals surface area (Å²) in [6.45, 7) is 0.707. The largest absolute Gasteiger partial charge is 0.389 e. The van der Waals surface area contributed by atoms with Crippen molar-refractivity contribution in [2.75, 3.05) is 13.6 Å². The van der Waals surface area contributed by atoms with Gasteiger partial charge in [-0.3, -0.25) is 4.79 Å². The molecule has 0 bridgehead atoms. The fourth-order valence-corrected chi connectivity index (χ4v) is 2.87. The van der Waals surface area contributed by atoms with Gasteiger partial charge in [0.25, 0.3) is 0 Å². The van der Waals surface area contributed by atoms with Gasteiger partial charge in [0.15, 0.2) is 0 Å². The predicted octanol–water partition coefficient (Wildman–Crippen LogP) is 2.77. The van der Waals surface area contributed by atoms with Crippen LogP contribution in [0.15, 0.2) is 30.3 Å². The van der Waals surface area contributed by atoms with E-state index in [-0.39, 0.29) is 12.3 Å².